The summed E-state index contributed by atoms with van der Waals surface area (Å²) in [6.07, 6.45) is 3.24. The number of carbonyl (C=O) groups is 1. The van der Waals surface area contributed by atoms with E-state index in [9.17, 15) is 9.90 Å². The van der Waals surface area contributed by atoms with E-state index in [1.165, 1.54) is 6.07 Å². The Labute approximate surface area is 99.8 Å². The maximum atomic E-state index is 12.1. The molecule has 1 fully saturated rings. The standard InChI is InChI=1S/C11H18N4O2/c1-15(8-4-2-3-5-9(8)16)11(17)7-6-10(12)14-13-7/h6,8-9,16H,2-5H2,1H3,(H3,12,13,14). The van der Waals surface area contributed by atoms with Crippen LogP contribution in [0.15, 0.2) is 6.07 Å². The van der Waals surface area contributed by atoms with Crippen molar-refractivity contribution in [2.75, 3.05) is 12.8 Å². The molecule has 0 bridgehead atoms. The summed E-state index contributed by atoms with van der Waals surface area (Å²) < 4.78 is 0. The molecule has 0 spiro atoms. The Hall–Kier alpha value is -1.56. The highest BCUT2D eigenvalue weighted by Crippen LogP contribution is 2.23. The van der Waals surface area contributed by atoms with Crippen LogP contribution in [0.5, 0.6) is 0 Å². The van der Waals surface area contributed by atoms with E-state index >= 15 is 0 Å². The molecule has 94 valence electrons. The second-order valence-corrected chi connectivity index (χ2v) is 4.54. The topological polar surface area (TPSA) is 95.2 Å². The van der Waals surface area contributed by atoms with Crippen LogP contribution in [0.4, 0.5) is 5.82 Å². The van der Waals surface area contributed by atoms with Gasteiger partial charge in [-0.15, -0.1) is 0 Å². The molecule has 1 aliphatic rings. The Bertz CT molecular complexity index is 404. The molecular formula is C11H18N4O2. The van der Waals surface area contributed by atoms with Crippen molar-refractivity contribution in [2.45, 2.75) is 37.8 Å². The van der Waals surface area contributed by atoms with Gasteiger partial charge in [-0.05, 0) is 12.8 Å². The SMILES string of the molecule is CN(C(=O)c1cc(N)n[nH]1)C1CCCCC1O. The van der Waals surface area contributed by atoms with Gasteiger partial charge in [0.15, 0.2) is 0 Å². The molecule has 6 heteroatoms. The van der Waals surface area contributed by atoms with Crippen LogP contribution in [0.1, 0.15) is 36.2 Å². The van der Waals surface area contributed by atoms with Gasteiger partial charge >= 0.3 is 0 Å². The Balaban J connectivity index is 2.08. The number of H-pyrrole nitrogens is 1. The number of nitrogens with two attached hydrogens (primary N) is 1. The average molecular weight is 238 g/mol. The molecule has 0 radical (unpaired) electrons. The van der Waals surface area contributed by atoms with E-state index in [0.717, 1.165) is 25.7 Å². The fraction of sp³-hybridized carbons (Fsp3) is 0.636. The molecule has 17 heavy (non-hydrogen) atoms. The molecule has 1 amide bonds. The molecule has 0 aliphatic heterocycles. The first-order chi connectivity index (χ1) is 8.09. The van der Waals surface area contributed by atoms with Crippen LogP contribution in [-0.2, 0) is 0 Å². The number of nitrogen functional groups attached to an aromatic ring is 1. The molecule has 6 nitrogen and oxygen atoms in total. The number of aliphatic hydroxyl groups excluding tert-OH is 1. The molecule has 1 saturated carbocycles. The van der Waals surface area contributed by atoms with Crippen molar-refractivity contribution >= 4 is 11.7 Å². The Kier molecular flexibility index (Phi) is 3.33. The lowest BCUT2D eigenvalue weighted by Gasteiger charge is -2.34. The molecule has 1 aromatic heterocycles. The van der Waals surface area contributed by atoms with Crippen LogP contribution in [-0.4, -0.2) is 45.3 Å². The summed E-state index contributed by atoms with van der Waals surface area (Å²) in [4.78, 5) is 13.7. The van der Waals surface area contributed by atoms with E-state index in [-0.39, 0.29) is 11.9 Å². The molecule has 1 aromatic rings. The first-order valence-corrected chi connectivity index (χ1v) is 5.85. The van der Waals surface area contributed by atoms with E-state index in [1.54, 1.807) is 11.9 Å². The van der Waals surface area contributed by atoms with Crippen molar-refractivity contribution in [3.8, 4) is 0 Å². The number of amides is 1. The summed E-state index contributed by atoms with van der Waals surface area (Å²) in [5.41, 5.74) is 5.82. The van der Waals surface area contributed by atoms with Crippen molar-refractivity contribution in [2.24, 2.45) is 0 Å². The average Bonchev–Trinajstić information content (AvgIpc) is 2.75. The minimum Gasteiger partial charge on any atom is -0.391 e. The molecule has 1 aliphatic carbocycles. The maximum Gasteiger partial charge on any atom is 0.272 e. The zero-order valence-electron chi connectivity index (χ0n) is 9.89. The summed E-state index contributed by atoms with van der Waals surface area (Å²) in [5, 5.41) is 16.2. The normalized spacial score (nSPS) is 24.6. The van der Waals surface area contributed by atoms with Crippen molar-refractivity contribution in [3.05, 3.63) is 11.8 Å². The number of hydrogen-bond acceptors (Lipinski definition) is 4. The Morgan fingerprint density at radius 1 is 1.59 bits per heavy atom. The molecular weight excluding hydrogens is 220 g/mol. The fourth-order valence-electron chi connectivity index (χ4n) is 2.33. The smallest absolute Gasteiger partial charge is 0.272 e. The number of aromatic nitrogens is 2. The van der Waals surface area contributed by atoms with Gasteiger partial charge in [-0.1, -0.05) is 12.8 Å². The van der Waals surface area contributed by atoms with E-state index in [2.05, 4.69) is 10.2 Å². The highest BCUT2D eigenvalue weighted by molar-refractivity contribution is 5.93. The summed E-state index contributed by atoms with van der Waals surface area (Å²) >= 11 is 0. The van der Waals surface area contributed by atoms with Gasteiger partial charge in [0, 0.05) is 13.1 Å². The molecule has 2 rings (SSSR count). The number of nitrogens with one attached hydrogen (secondary N) is 1. The molecule has 1 heterocycles. The van der Waals surface area contributed by atoms with E-state index < -0.39 is 6.10 Å². The minimum absolute atomic E-state index is 0.110. The number of hydrogen-bond donors (Lipinski definition) is 3. The van der Waals surface area contributed by atoms with Gasteiger partial charge in [0.1, 0.15) is 11.5 Å². The van der Waals surface area contributed by atoms with Gasteiger partial charge in [-0.2, -0.15) is 5.10 Å². The third-order valence-electron chi connectivity index (χ3n) is 3.34. The van der Waals surface area contributed by atoms with E-state index in [0.29, 0.717) is 11.5 Å². The lowest BCUT2D eigenvalue weighted by molar-refractivity contribution is 0.0264. The molecule has 2 unspecified atom stereocenters. The van der Waals surface area contributed by atoms with Gasteiger partial charge in [0.2, 0.25) is 0 Å². The van der Waals surface area contributed by atoms with Crippen LogP contribution < -0.4 is 5.73 Å². The van der Waals surface area contributed by atoms with Crippen molar-refractivity contribution in [1.29, 1.82) is 0 Å². The van der Waals surface area contributed by atoms with Gasteiger partial charge in [0.25, 0.3) is 5.91 Å². The second-order valence-electron chi connectivity index (χ2n) is 4.54. The number of aliphatic hydroxyl groups is 1. The van der Waals surface area contributed by atoms with Crippen LogP contribution >= 0.6 is 0 Å². The molecule has 4 N–H and O–H groups in total. The molecule has 2 atom stereocenters. The summed E-state index contributed by atoms with van der Waals surface area (Å²) in [7, 11) is 1.71. The number of carbonyl (C=O) groups excluding carboxylic acids is 1. The van der Waals surface area contributed by atoms with Gasteiger partial charge in [-0.3, -0.25) is 9.89 Å². The largest absolute Gasteiger partial charge is 0.391 e. The first kappa shape index (κ1) is 11.9. The quantitative estimate of drug-likeness (QED) is 0.693. The lowest BCUT2D eigenvalue weighted by atomic mass is 9.91. The van der Waals surface area contributed by atoms with Crippen molar-refractivity contribution < 1.29 is 9.90 Å². The van der Waals surface area contributed by atoms with Crippen LogP contribution in [0.2, 0.25) is 0 Å². The van der Waals surface area contributed by atoms with E-state index in [4.69, 9.17) is 5.73 Å². The summed E-state index contributed by atoms with van der Waals surface area (Å²) in [6.45, 7) is 0. The van der Waals surface area contributed by atoms with Gasteiger partial charge < -0.3 is 15.7 Å². The lowest BCUT2D eigenvalue weighted by Crippen LogP contribution is -2.46. The third kappa shape index (κ3) is 2.41. The Morgan fingerprint density at radius 3 is 2.88 bits per heavy atom. The fourth-order valence-corrected chi connectivity index (χ4v) is 2.33. The monoisotopic (exact) mass is 238 g/mol. The highest BCUT2D eigenvalue weighted by Gasteiger charge is 2.30. The number of rotatable bonds is 2. The highest BCUT2D eigenvalue weighted by atomic mass is 16.3. The van der Waals surface area contributed by atoms with Gasteiger partial charge in [-0.25, -0.2) is 0 Å². The first-order valence-electron chi connectivity index (χ1n) is 5.85. The Morgan fingerprint density at radius 2 is 2.29 bits per heavy atom. The minimum atomic E-state index is -0.432. The van der Waals surface area contributed by atoms with Crippen LogP contribution in [0, 0.1) is 0 Å². The maximum absolute atomic E-state index is 12.1. The predicted octanol–water partition coefficient (Wildman–Crippen LogP) is 0.367. The second kappa shape index (κ2) is 4.75. The van der Waals surface area contributed by atoms with Gasteiger partial charge in [0.05, 0.1) is 12.1 Å². The number of aromatic amines is 1. The van der Waals surface area contributed by atoms with E-state index in [1.807, 2.05) is 0 Å². The zero-order chi connectivity index (χ0) is 12.4. The van der Waals surface area contributed by atoms with Crippen LogP contribution in [0.3, 0.4) is 0 Å². The summed E-state index contributed by atoms with van der Waals surface area (Å²) in [6, 6.07) is 1.40. The number of likely N-dealkylation sites (N-methyl/N-ethyl adjacent to an activating group) is 1. The third-order valence-corrected chi connectivity index (χ3v) is 3.34. The van der Waals surface area contributed by atoms with Crippen molar-refractivity contribution in [3.63, 3.8) is 0 Å². The number of anilines is 1. The number of nitrogens with zero attached hydrogens (tertiary/aromatic N) is 2. The predicted molar refractivity (Wildman–Crippen MR) is 63.4 cm³/mol. The van der Waals surface area contributed by atoms with Crippen molar-refractivity contribution in [1.82, 2.24) is 15.1 Å². The van der Waals surface area contributed by atoms with Crippen LogP contribution in [0.25, 0.3) is 0 Å². The molecule has 0 saturated heterocycles. The molecule has 0 aromatic carbocycles. The zero-order valence-corrected chi connectivity index (χ0v) is 9.89. The summed E-state index contributed by atoms with van der Waals surface area (Å²) in [5.74, 6) is 0.117.